The third-order valence-corrected chi connectivity index (χ3v) is 2.17. The maximum Gasteiger partial charge on any atom is 0.293 e. The number of nitrogens with zero attached hydrogens (tertiary/aromatic N) is 1. The number of furan rings is 1. The maximum absolute atomic E-state index is 11.7. The van der Waals surface area contributed by atoms with Crippen LogP contribution in [-0.2, 0) is 0 Å². The van der Waals surface area contributed by atoms with Gasteiger partial charge in [0.05, 0.1) is 11.2 Å². The van der Waals surface area contributed by atoms with Crippen molar-refractivity contribution in [1.82, 2.24) is 0 Å². The Balaban J connectivity index is 2.31. The molecular formula is C11H8N2O5. The lowest BCUT2D eigenvalue weighted by Crippen LogP contribution is -2.12. The molecule has 1 aromatic heterocycles. The van der Waals surface area contributed by atoms with Crippen molar-refractivity contribution in [3.8, 4) is 5.75 Å². The molecule has 1 amide bonds. The molecule has 2 aromatic rings. The van der Waals surface area contributed by atoms with Crippen LogP contribution in [-0.4, -0.2) is 15.9 Å². The molecule has 1 aromatic carbocycles. The third-order valence-electron chi connectivity index (χ3n) is 2.17. The summed E-state index contributed by atoms with van der Waals surface area (Å²) in [6.07, 6.45) is 1.31. The number of hydrogen-bond acceptors (Lipinski definition) is 5. The van der Waals surface area contributed by atoms with Gasteiger partial charge in [0.15, 0.2) is 5.76 Å². The largest absolute Gasteiger partial charge is 0.508 e. The summed E-state index contributed by atoms with van der Waals surface area (Å²) < 4.78 is 4.85. The van der Waals surface area contributed by atoms with Crippen molar-refractivity contribution in [2.75, 3.05) is 5.32 Å². The molecule has 0 radical (unpaired) electrons. The Bertz CT molecular complexity index is 591. The standard InChI is InChI=1S/C11H8N2O5/c14-7-3-4-9(13(16)17)8(6-7)12-11(15)10-2-1-5-18-10/h1-6,14H,(H,12,15). The summed E-state index contributed by atoms with van der Waals surface area (Å²) in [5.41, 5.74) is -0.408. The fourth-order valence-corrected chi connectivity index (χ4v) is 1.38. The summed E-state index contributed by atoms with van der Waals surface area (Å²) in [7, 11) is 0. The molecule has 18 heavy (non-hydrogen) atoms. The second kappa shape index (κ2) is 4.58. The lowest BCUT2D eigenvalue weighted by Gasteiger charge is -2.04. The van der Waals surface area contributed by atoms with E-state index in [-0.39, 0.29) is 22.9 Å². The van der Waals surface area contributed by atoms with E-state index in [9.17, 15) is 20.0 Å². The molecule has 7 nitrogen and oxygen atoms in total. The summed E-state index contributed by atoms with van der Waals surface area (Å²) >= 11 is 0. The number of nitrogens with one attached hydrogen (secondary N) is 1. The number of phenols is 1. The highest BCUT2D eigenvalue weighted by Gasteiger charge is 2.18. The Kier molecular flexibility index (Phi) is 2.96. The zero-order chi connectivity index (χ0) is 13.1. The van der Waals surface area contributed by atoms with Crippen LogP contribution in [0.5, 0.6) is 5.75 Å². The van der Waals surface area contributed by atoms with Crippen LogP contribution >= 0.6 is 0 Å². The lowest BCUT2D eigenvalue weighted by molar-refractivity contribution is -0.383. The number of aromatic hydroxyl groups is 1. The summed E-state index contributed by atoms with van der Waals surface area (Å²) in [4.78, 5) is 21.7. The molecule has 0 aliphatic carbocycles. The second-order valence-electron chi connectivity index (χ2n) is 3.39. The molecule has 0 saturated carbocycles. The molecule has 0 fully saturated rings. The van der Waals surface area contributed by atoms with Crippen LogP contribution in [0.15, 0.2) is 41.0 Å². The summed E-state index contributed by atoms with van der Waals surface area (Å²) in [5.74, 6) is -0.795. The second-order valence-corrected chi connectivity index (χ2v) is 3.39. The molecule has 0 aliphatic rings. The zero-order valence-corrected chi connectivity index (χ0v) is 8.99. The fraction of sp³-hybridized carbons (Fsp3) is 0. The Labute approximate surface area is 101 Å². The molecule has 0 bridgehead atoms. The van der Waals surface area contributed by atoms with Gasteiger partial charge in [0.25, 0.3) is 11.6 Å². The van der Waals surface area contributed by atoms with E-state index in [1.807, 2.05) is 0 Å². The molecular weight excluding hydrogens is 240 g/mol. The molecule has 0 spiro atoms. The first-order valence-electron chi connectivity index (χ1n) is 4.90. The minimum atomic E-state index is -0.656. The average Bonchev–Trinajstić information content (AvgIpc) is 2.81. The molecule has 1 heterocycles. The van der Waals surface area contributed by atoms with Crippen LogP contribution in [0.1, 0.15) is 10.6 Å². The predicted molar refractivity (Wildman–Crippen MR) is 61.4 cm³/mol. The third kappa shape index (κ3) is 2.29. The number of anilines is 1. The van der Waals surface area contributed by atoms with Crippen molar-refractivity contribution in [3.63, 3.8) is 0 Å². The van der Waals surface area contributed by atoms with Gasteiger partial charge in [-0.15, -0.1) is 0 Å². The van der Waals surface area contributed by atoms with Gasteiger partial charge in [-0.2, -0.15) is 0 Å². The number of hydrogen-bond donors (Lipinski definition) is 2. The van der Waals surface area contributed by atoms with E-state index in [1.54, 1.807) is 0 Å². The molecule has 0 aliphatic heterocycles. The Hall–Kier alpha value is -2.83. The Morgan fingerprint density at radius 3 is 2.78 bits per heavy atom. The first kappa shape index (κ1) is 11.6. The van der Waals surface area contributed by atoms with E-state index in [1.165, 1.54) is 24.5 Å². The Morgan fingerprint density at radius 2 is 2.17 bits per heavy atom. The van der Waals surface area contributed by atoms with Crippen LogP contribution < -0.4 is 5.32 Å². The van der Waals surface area contributed by atoms with E-state index in [4.69, 9.17) is 4.42 Å². The number of rotatable bonds is 3. The van der Waals surface area contributed by atoms with Gasteiger partial charge in [0.2, 0.25) is 0 Å². The fourth-order valence-electron chi connectivity index (χ4n) is 1.38. The van der Waals surface area contributed by atoms with E-state index in [0.717, 1.165) is 12.1 Å². The predicted octanol–water partition coefficient (Wildman–Crippen LogP) is 2.15. The number of nitro benzene ring substituents is 1. The van der Waals surface area contributed by atoms with Crippen molar-refractivity contribution in [3.05, 3.63) is 52.5 Å². The van der Waals surface area contributed by atoms with Crippen LogP contribution in [0, 0.1) is 10.1 Å². The van der Waals surface area contributed by atoms with Crippen molar-refractivity contribution in [2.45, 2.75) is 0 Å². The van der Waals surface area contributed by atoms with Gasteiger partial charge in [-0.25, -0.2) is 0 Å². The Morgan fingerprint density at radius 1 is 1.39 bits per heavy atom. The quantitative estimate of drug-likeness (QED) is 0.639. The molecule has 0 saturated heterocycles. The summed E-state index contributed by atoms with van der Waals surface area (Å²) in [6.45, 7) is 0. The van der Waals surface area contributed by atoms with Crippen LogP contribution in [0.2, 0.25) is 0 Å². The number of benzene rings is 1. The van der Waals surface area contributed by atoms with Gasteiger partial charge in [-0.05, 0) is 18.2 Å². The number of nitro groups is 1. The average molecular weight is 248 g/mol. The minimum Gasteiger partial charge on any atom is -0.508 e. The van der Waals surface area contributed by atoms with Gasteiger partial charge in [-0.1, -0.05) is 0 Å². The van der Waals surface area contributed by atoms with E-state index >= 15 is 0 Å². The SMILES string of the molecule is O=C(Nc1cc(O)ccc1[N+](=O)[O-])c1ccco1. The number of phenolic OH excluding ortho intramolecular Hbond substituents is 1. The molecule has 7 heteroatoms. The van der Waals surface area contributed by atoms with Crippen molar-refractivity contribution in [2.24, 2.45) is 0 Å². The van der Waals surface area contributed by atoms with Crippen LogP contribution in [0.25, 0.3) is 0 Å². The molecule has 0 unspecified atom stereocenters. The first-order valence-corrected chi connectivity index (χ1v) is 4.90. The molecule has 2 rings (SSSR count). The summed E-state index contributed by atoms with van der Waals surface area (Å²) in [6, 6.07) is 6.31. The van der Waals surface area contributed by atoms with Gasteiger partial charge in [0.1, 0.15) is 11.4 Å². The van der Waals surface area contributed by atoms with Gasteiger partial charge < -0.3 is 14.8 Å². The van der Waals surface area contributed by atoms with Crippen molar-refractivity contribution >= 4 is 17.3 Å². The van der Waals surface area contributed by atoms with E-state index in [2.05, 4.69) is 5.32 Å². The maximum atomic E-state index is 11.7. The van der Waals surface area contributed by atoms with Crippen molar-refractivity contribution < 1.29 is 19.2 Å². The van der Waals surface area contributed by atoms with Gasteiger partial charge >= 0.3 is 0 Å². The molecule has 0 atom stereocenters. The zero-order valence-electron chi connectivity index (χ0n) is 8.99. The number of carbonyl (C=O) groups excluding carboxylic acids is 1. The van der Waals surface area contributed by atoms with E-state index in [0.29, 0.717) is 0 Å². The van der Waals surface area contributed by atoms with Gasteiger partial charge in [-0.3, -0.25) is 14.9 Å². The smallest absolute Gasteiger partial charge is 0.293 e. The normalized spacial score (nSPS) is 10.0. The molecule has 92 valence electrons. The summed E-state index contributed by atoms with van der Waals surface area (Å²) in [5, 5.41) is 22.3. The highest BCUT2D eigenvalue weighted by Crippen LogP contribution is 2.28. The van der Waals surface area contributed by atoms with Gasteiger partial charge in [0, 0.05) is 12.1 Å². The van der Waals surface area contributed by atoms with E-state index < -0.39 is 10.8 Å². The highest BCUT2D eigenvalue weighted by molar-refractivity contribution is 6.03. The monoisotopic (exact) mass is 248 g/mol. The topological polar surface area (TPSA) is 106 Å². The highest BCUT2D eigenvalue weighted by atomic mass is 16.6. The minimum absolute atomic E-state index is 0.0210. The first-order chi connectivity index (χ1) is 8.58. The number of carbonyl (C=O) groups is 1. The van der Waals surface area contributed by atoms with Crippen molar-refractivity contribution in [1.29, 1.82) is 0 Å². The molecule has 2 N–H and O–H groups in total. The van der Waals surface area contributed by atoms with Crippen LogP contribution in [0.3, 0.4) is 0 Å². The van der Waals surface area contributed by atoms with Crippen LogP contribution in [0.4, 0.5) is 11.4 Å². The lowest BCUT2D eigenvalue weighted by atomic mass is 10.2. The number of amides is 1.